The molecule has 132 valence electrons. The van der Waals surface area contributed by atoms with Crippen molar-refractivity contribution in [2.45, 2.75) is 46.2 Å². The van der Waals surface area contributed by atoms with Crippen LogP contribution in [0, 0.1) is 12.8 Å². The van der Waals surface area contributed by atoms with E-state index in [-0.39, 0.29) is 6.61 Å². The lowest BCUT2D eigenvalue weighted by Gasteiger charge is -2.41. The predicted molar refractivity (Wildman–Crippen MR) is 94.8 cm³/mol. The summed E-state index contributed by atoms with van der Waals surface area (Å²) < 4.78 is 1.75. The zero-order valence-electron chi connectivity index (χ0n) is 14.9. The highest BCUT2D eigenvalue weighted by atomic mass is 35.5. The first-order valence-electron chi connectivity index (χ1n) is 8.67. The van der Waals surface area contributed by atoms with E-state index in [1.165, 1.54) is 6.42 Å². The van der Waals surface area contributed by atoms with Crippen LogP contribution in [0.15, 0.2) is 0 Å². The van der Waals surface area contributed by atoms with Gasteiger partial charge in [0, 0.05) is 51.4 Å². The summed E-state index contributed by atoms with van der Waals surface area (Å²) in [6.07, 6.45) is 2.06. The third-order valence-electron chi connectivity index (χ3n) is 4.80. The quantitative estimate of drug-likeness (QED) is 0.825. The Balaban J connectivity index is 1.98. The van der Waals surface area contributed by atoms with E-state index in [0.717, 1.165) is 61.5 Å². The molecule has 0 saturated carbocycles. The van der Waals surface area contributed by atoms with Gasteiger partial charge in [0.25, 0.3) is 0 Å². The van der Waals surface area contributed by atoms with E-state index >= 15 is 0 Å². The summed E-state index contributed by atoms with van der Waals surface area (Å²) in [6.45, 7) is 11.9. The highest BCUT2D eigenvalue weighted by Gasteiger charge is 2.27. The molecule has 0 bridgehead atoms. The summed E-state index contributed by atoms with van der Waals surface area (Å²) in [5, 5.41) is 14.5. The Morgan fingerprint density at radius 1 is 1.35 bits per heavy atom. The lowest BCUT2D eigenvalue weighted by molar-refractivity contribution is 0.0523. The van der Waals surface area contributed by atoms with Crippen molar-refractivity contribution in [1.29, 1.82) is 0 Å². The topological polar surface area (TPSA) is 44.5 Å². The summed E-state index contributed by atoms with van der Waals surface area (Å²) in [4.78, 5) is 4.99. The Bertz CT molecular complexity index is 503. The third-order valence-corrected chi connectivity index (χ3v) is 5.27. The van der Waals surface area contributed by atoms with Gasteiger partial charge in [0.15, 0.2) is 0 Å². The molecule has 2 heterocycles. The number of aryl methyl sites for hydroxylation is 2. The summed E-state index contributed by atoms with van der Waals surface area (Å²) in [6, 6.07) is 0.434. The van der Waals surface area contributed by atoms with Crippen LogP contribution in [0.3, 0.4) is 0 Å². The molecule has 1 aliphatic heterocycles. The maximum absolute atomic E-state index is 9.40. The van der Waals surface area contributed by atoms with E-state index < -0.39 is 0 Å². The monoisotopic (exact) mass is 342 g/mol. The first kappa shape index (κ1) is 18.7. The van der Waals surface area contributed by atoms with Crippen LogP contribution in [0.25, 0.3) is 0 Å². The molecule has 1 aliphatic rings. The minimum absolute atomic E-state index is 0.253. The van der Waals surface area contributed by atoms with Crippen molar-refractivity contribution in [2.75, 3.05) is 32.8 Å². The molecule has 0 spiro atoms. The van der Waals surface area contributed by atoms with Crippen LogP contribution < -0.4 is 0 Å². The van der Waals surface area contributed by atoms with Gasteiger partial charge in [-0.3, -0.25) is 14.5 Å². The van der Waals surface area contributed by atoms with E-state index in [4.69, 9.17) is 11.6 Å². The summed E-state index contributed by atoms with van der Waals surface area (Å²) in [7, 11) is 1.89. The molecule has 2 rings (SSSR count). The van der Waals surface area contributed by atoms with Crippen LogP contribution >= 0.6 is 11.6 Å². The minimum atomic E-state index is 0.253. The van der Waals surface area contributed by atoms with Gasteiger partial charge in [0.05, 0.1) is 5.69 Å². The lowest BCUT2D eigenvalue weighted by atomic mass is 10.0. The molecule has 0 amide bonds. The molecule has 1 N–H and O–H groups in total. The van der Waals surface area contributed by atoms with Gasteiger partial charge >= 0.3 is 0 Å². The fraction of sp³-hybridized carbons (Fsp3) is 0.824. The van der Waals surface area contributed by atoms with Crippen molar-refractivity contribution in [3.8, 4) is 0 Å². The molecule has 5 nitrogen and oxygen atoms in total. The first-order chi connectivity index (χ1) is 10.9. The van der Waals surface area contributed by atoms with Gasteiger partial charge in [0.1, 0.15) is 5.15 Å². The third kappa shape index (κ3) is 4.92. The minimum Gasteiger partial charge on any atom is -0.396 e. The smallest absolute Gasteiger partial charge is 0.131 e. The average molecular weight is 343 g/mol. The molecule has 1 aromatic heterocycles. The second kappa shape index (κ2) is 8.47. The molecule has 6 heteroatoms. The van der Waals surface area contributed by atoms with Gasteiger partial charge in [-0.25, -0.2) is 0 Å². The van der Waals surface area contributed by atoms with Crippen LogP contribution in [0.1, 0.15) is 37.9 Å². The van der Waals surface area contributed by atoms with E-state index in [2.05, 4.69) is 28.7 Å². The number of nitrogens with zero attached hydrogens (tertiary/aromatic N) is 4. The Morgan fingerprint density at radius 3 is 2.65 bits per heavy atom. The average Bonchev–Trinajstić information content (AvgIpc) is 2.73. The molecule has 1 saturated heterocycles. The molecule has 23 heavy (non-hydrogen) atoms. The van der Waals surface area contributed by atoms with Crippen LogP contribution in [-0.2, 0) is 13.6 Å². The first-order valence-corrected chi connectivity index (χ1v) is 9.05. The lowest BCUT2D eigenvalue weighted by Crippen LogP contribution is -2.53. The Labute approximate surface area is 145 Å². The summed E-state index contributed by atoms with van der Waals surface area (Å²) in [5.74, 6) is 0.722. The van der Waals surface area contributed by atoms with Gasteiger partial charge < -0.3 is 5.11 Å². The van der Waals surface area contributed by atoms with E-state index in [1.807, 2.05) is 14.0 Å². The van der Waals surface area contributed by atoms with E-state index in [0.29, 0.717) is 6.04 Å². The van der Waals surface area contributed by atoms with E-state index in [9.17, 15) is 5.11 Å². The van der Waals surface area contributed by atoms with Gasteiger partial charge in [0.2, 0.25) is 0 Å². The van der Waals surface area contributed by atoms with E-state index in [1.54, 1.807) is 4.68 Å². The van der Waals surface area contributed by atoms with Crippen molar-refractivity contribution in [3.05, 3.63) is 16.4 Å². The standard InChI is InChI=1S/C17H31ClN4O/c1-13(2)5-7-22-9-8-21(11-15(22)6-10-23)12-16-14(3)19-20(4)17(16)18/h13,15,23H,5-12H2,1-4H3/t15-/m0/s1. The molecule has 0 aliphatic carbocycles. The van der Waals surface area contributed by atoms with Crippen LogP contribution in [0.5, 0.6) is 0 Å². The number of piperazine rings is 1. The van der Waals surface area contributed by atoms with Crippen molar-refractivity contribution < 1.29 is 5.11 Å². The molecule has 0 aromatic carbocycles. The Kier molecular flexibility index (Phi) is 6.89. The second-order valence-electron chi connectivity index (χ2n) is 7.10. The van der Waals surface area contributed by atoms with Gasteiger partial charge in [-0.15, -0.1) is 0 Å². The number of aromatic nitrogens is 2. The van der Waals surface area contributed by atoms with Crippen LogP contribution in [0.4, 0.5) is 0 Å². The van der Waals surface area contributed by atoms with Crippen molar-refractivity contribution in [3.63, 3.8) is 0 Å². The summed E-state index contributed by atoms with van der Waals surface area (Å²) in [5.41, 5.74) is 2.14. The molecule has 1 aromatic rings. The van der Waals surface area contributed by atoms with Crippen molar-refractivity contribution >= 4 is 11.6 Å². The number of halogens is 1. The molecule has 0 unspecified atom stereocenters. The SMILES string of the molecule is Cc1nn(C)c(Cl)c1CN1CCN(CCC(C)C)[C@@H](CCO)C1. The normalized spacial score (nSPS) is 20.6. The second-order valence-corrected chi connectivity index (χ2v) is 7.46. The molecular weight excluding hydrogens is 312 g/mol. The molecule has 0 radical (unpaired) electrons. The maximum Gasteiger partial charge on any atom is 0.131 e. The van der Waals surface area contributed by atoms with Gasteiger partial charge in [-0.2, -0.15) is 5.10 Å². The number of aliphatic hydroxyl groups is 1. The van der Waals surface area contributed by atoms with Gasteiger partial charge in [-0.05, 0) is 32.2 Å². The number of hydrogen-bond donors (Lipinski definition) is 1. The zero-order valence-corrected chi connectivity index (χ0v) is 15.7. The number of rotatable bonds is 7. The fourth-order valence-corrected chi connectivity index (χ4v) is 3.55. The van der Waals surface area contributed by atoms with Gasteiger partial charge in [-0.1, -0.05) is 25.4 Å². The predicted octanol–water partition coefficient (Wildman–Crippen LogP) is 2.30. The molecule has 1 atom stereocenters. The largest absolute Gasteiger partial charge is 0.396 e. The van der Waals surface area contributed by atoms with Crippen LogP contribution in [-0.4, -0.2) is 63.5 Å². The number of hydrogen-bond acceptors (Lipinski definition) is 4. The summed E-state index contributed by atoms with van der Waals surface area (Å²) >= 11 is 6.37. The Hall–Kier alpha value is -0.620. The van der Waals surface area contributed by atoms with Crippen molar-refractivity contribution in [1.82, 2.24) is 19.6 Å². The highest BCUT2D eigenvalue weighted by Crippen LogP contribution is 2.23. The van der Waals surface area contributed by atoms with Crippen LogP contribution in [0.2, 0.25) is 5.15 Å². The highest BCUT2D eigenvalue weighted by molar-refractivity contribution is 6.30. The fourth-order valence-electron chi connectivity index (χ4n) is 3.32. The number of aliphatic hydroxyl groups excluding tert-OH is 1. The molecule has 1 fully saturated rings. The molecular formula is C17H31ClN4O. The zero-order chi connectivity index (χ0) is 17.0. The Morgan fingerprint density at radius 2 is 2.09 bits per heavy atom. The maximum atomic E-state index is 9.40. The van der Waals surface area contributed by atoms with Crippen molar-refractivity contribution in [2.24, 2.45) is 13.0 Å².